The van der Waals surface area contributed by atoms with E-state index in [4.69, 9.17) is 16.3 Å². The molecule has 0 unspecified atom stereocenters. The van der Waals surface area contributed by atoms with Crippen molar-refractivity contribution in [1.29, 1.82) is 0 Å². The predicted molar refractivity (Wildman–Crippen MR) is 150 cm³/mol. The second-order valence-corrected chi connectivity index (χ2v) is 11.1. The third kappa shape index (κ3) is 5.02. The van der Waals surface area contributed by atoms with E-state index in [-0.39, 0.29) is 35.3 Å². The number of carbonyl (C=O) groups excluding carboxylic acids is 2. The smallest absolute Gasteiger partial charge is 0.455 e. The number of hydrogen-bond donors (Lipinski definition) is 2. The molecule has 0 amide bonds. The molecule has 5 rings (SSSR count). The molecular weight excluding hydrogens is 499 g/mol. The number of phenolic OH excluding ortho intramolecular Hbond substituents is 1. The zero-order chi connectivity index (χ0) is 27.0. The van der Waals surface area contributed by atoms with Crippen LogP contribution in [-0.2, 0) is 4.65 Å². The Morgan fingerprint density at radius 2 is 1.82 bits per heavy atom. The lowest BCUT2D eigenvalue weighted by molar-refractivity contribution is 0.0599. The fourth-order valence-electron chi connectivity index (χ4n) is 6.77. The first-order chi connectivity index (χ1) is 18.3. The highest BCUT2D eigenvalue weighted by Gasteiger charge is 2.53. The maximum atomic E-state index is 13.7. The van der Waals surface area contributed by atoms with Crippen LogP contribution in [0.5, 0.6) is 5.75 Å². The summed E-state index contributed by atoms with van der Waals surface area (Å²) in [6.07, 6.45) is 6.74. The molecule has 7 heteroatoms. The van der Waals surface area contributed by atoms with Gasteiger partial charge in [-0.25, -0.2) is 0 Å². The molecule has 1 fully saturated rings. The highest BCUT2D eigenvalue weighted by atomic mass is 35.5. The summed E-state index contributed by atoms with van der Waals surface area (Å²) in [6, 6.07) is 12.1. The molecule has 0 aromatic heterocycles. The summed E-state index contributed by atoms with van der Waals surface area (Å²) in [5.74, 6) is -0.833. The molecule has 2 aromatic rings. The van der Waals surface area contributed by atoms with Gasteiger partial charge in [0.1, 0.15) is 5.75 Å². The molecule has 1 aliphatic heterocycles. The molecule has 2 aliphatic carbocycles. The van der Waals surface area contributed by atoms with E-state index >= 15 is 0 Å². The Morgan fingerprint density at radius 3 is 2.50 bits per heavy atom. The minimum atomic E-state index is -0.976. The number of benzene rings is 2. The number of rotatable bonds is 7. The van der Waals surface area contributed by atoms with Gasteiger partial charge in [-0.2, -0.15) is 0 Å². The first-order valence-corrected chi connectivity index (χ1v) is 14.1. The van der Waals surface area contributed by atoms with Crippen molar-refractivity contribution < 1.29 is 24.4 Å². The van der Waals surface area contributed by atoms with Crippen LogP contribution in [0.2, 0.25) is 11.3 Å². The van der Waals surface area contributed by atoms with Gasteiger partial charge in [-0.15, -0.1) is 0 Å². The van der Waals surface area contributed by atoms with E-state index in [0.29, 0.717) is 35.3 Å². The van der Waals surface area contributed by atoms with Gasteiger partial charge in [0, 0.05) is 23.0 Å². The number of halogens is 1. The van der Waals surface area contributed by atoms with Crippen LogP contribution in [0.1, 0.15) is 78.7 Å². The Hall–Kier alpha value is -2.67. The van der Waals surface area contributed by atoms with E-state index < -0.39 is 13.0 Å². The van der Waals surface area contributed by atoms with Crippen LogP contribution in [-0.4, -0.2) is 34.9 Å². The van der Waals surface area contributed by atoms with Gasteiger partial charge < -0.3 is 14.8 Å². The van der Waals surface area contributed by atoms with Crippen molar-refractivity contribution in [3.63, 3.8) is 0 Å². The lowest BCUT2D eigenvalue weighted by Crippen LogP contribution is -2.50. The van der Waals surface area contributed by atoms with Gasteiger partial charge in [0.2, 0.25) is 0 Å². The predicted octanol–water partition coefficient (Wildman–Crippen LogP) is 6.93. The summed E-state index contributed by atoms with van der Waals surface area (Å²) in [6.45, 7) is 4.23. The van der Waals surface area contributed by atoms with Crippen molar-refractivity contribution in [2.75, 3.05) is 0 Å². The second kappa shape index (κ2) is 11.2. The van der Waals surface area contributed by atoms with Gasteiger partial charge in [0.25, 0.3) is 0 Å². The molecule has 0 radical (unpaired) electrons. The Morgan fingerprint density at radius 1 is 1.08 bits per heavy atom. The first kappa shape index (κ1) is 26.9. The fourth-order valence-corrected chi connectivity index (χ4v) is 7.00. The summed E-state index contributed by atoms with van der Waals surface area (Å²) in [4.78, 5) is 27.2. The second-order valence-electron chi connectivity index (χ2n) is 10.7. The van der Waals surface area contributed by atoms with E-state index in [1.807, 2.05) is 18.2 Å². The molecule has 0 bridgehead atoms. The lowest BCUT2D eigenvalue weighted by atomic mass is 9.54. The fraction of sp³-hybridized carbons (Fsp3) is 0.419. The van der Waals surface area contributed by atoms with Crippen LogP contribution in [0.3, 0.4) is 0 Å². The number of fused-ring (bicyclic) bond motifs is 4. The van der Waals surface area contributed by atoms with Gasteiger partial charge in [0.05, 0.1) is 11.1 Å². The molecule has 38 heavy (non-hydrogen) atoms. The number of hydrogen-bond acceptors (Lipinski definition) is 5. The van der Waals surface area contributed by atoms with Crippen molar-refractivity contribution >= 4 is 36.4 Å². The Kier molecular flexibility index (Phi) is 7.94. The third-order valence-electron chi connectivity index (χ3n) is 8.43. The van der Waals surface area contributed by atoms with Gasteiger partial charge in [-0.1, -0.05) is 73.4 Å². The van der Waals surface area contributed by atoms with Gasteiger partial charge in [0.15, 0.2) is 11.6 Å². The number of phenols is 1. The van der Waals surface area contributed by atoms with Gasteiger partial charge in [-0.3, -0.25) is 9.59 Å². The largest absolute Gasteiger partial charge is 0.508 e. The van der Waals surface area contributed by atoms with Crippen LogP contribution >= 0.6 is 11.6 Å². The number of carbonyl (C=O) groups is 2. The van der Waals surface area contributed by atoms with Crippen LogP contribution in [0, 0.1) is 17.8 Å². The Bertz CT molecular complexity index is 1320. The minimum absolute atomic E-state index is 0.0178. The van der Waals surface area contributed by atoms with E-state index in [1.165, 1.54) is 11.1 Å². The summed E-state index contributed by atoms with van der Waals surface area (Å²) in [5, 5.41) is 21.0. The number of aromatic hydroxyl groups is 1. The lowest BCUT2D eigenvalue weighted by Gasteiger charge is -2.47. The first-order valence-electron chi connectivity index (χ1n) is 13.7. The number of Topliss-reactive ketones (excluding diaryl/α,β-unsaturated/α-hetero) is 2. The monoisotopic (exact) mass is 532 g/mol. The zero-order valence-corrected chi connectivity index (χ0v) is 22.7. The number of ketones is 2. The van der Waals surface area contributed by atoms with Crippen LogP contribution in [0.25, 0.3) is 6.08 Å². The van der Waals surface area contributed by atoms with Crippen molar-refractivity contribution in [3.8, 4) is 5.75 Å². The van der Waals surface area contributed by atoms with E-state index in [0.717, 1.165) is 36.8 Å². The van der Waals surface area contributed by atoms with Crippen LogP contribution < -0.4 is 0 Å². The SMILES string of the molecule is CCC/C(=C\c1ccc(O)cc1Cl)CC[C@H]1OB(O)C[C@H]2C1=C(CC)C[C@H]1C(=O)c3ccccc3C(=O)[C@H]12. The van der Waals surface area contributed by atoms with Crippen LogP contribution in [0.15, 0.2) is 59.2 Å². The molecule has 1 saturated heterocycles. The van der Waals surface area contributed by atoms with Crippen molar-refractivity contribution in [2.45, 2.75) is 64.8 Å². The highest BCUT2D eigenvalue weighted by molar-refractivity contribution is 6.43. The zero-order valence-electron chi connectivity index (χ0n) is 22.0. The van der Waals surface area contributed by atoms with Gasteiger partial charge >= 0.3 is 7.12 Å². The highest BCUT2D eigenvalue weighted by Crippen LogP contribution is 2.51. The maximum Gasteiger partial charge on any atom is 0.455 e. The van der Waals surface area contributed by atoms with E-state index in [9.17, 15) is 19.7 Å². The molecule has 0 saturated carbocycles. The average Bonchev–Trinajstić information content (AvgIpc) is 2.90. The van der Waals surface area contributed by atoms with Crippen molar-refractivity contribution in [1.82, 2.24) is 0 Å². The summed E-state index contributed by atoms with van der Waals surface area (Å²) in [7, 11) is -0.976. The molecule has 0 spiro atoms. The molecule has 2 aromatic carbocycles. The maximum absolute atomic E-state index is 13.7. The average molecular weight is 533 g/mol. The van der Waals surface area contributed by atoms with Crippen LogP contribution in [0.4, 0.5) is 0 Å². The minimum Gasteiger partial charge on any atom is -0.508 e. The number of allylic oxidation sites excluding steroid dienone is 2. The molecule has 3 aliphatic rings. The summed E-state index contributed by atoms with van der Waals surface area (Å²) >= 11 is 6.37. The molecule has 198 valence electrons. The normalized spacial score (nSPS) is 25.3. The molecule has 2 N–H and O–H groups in total. The van der Waals surface area contributed by atoms with E-state index in [1.54, 1.807) is 24.3 Å². The Labute approximate surface area is 229 Å². The van der Waals surface area contributed by atoms with Crippen molar-refractivity contribution in [3.05, 3.63) is 80.9 Å². The van der Waals surface area contributed by atoms with E-state index in [2.05, 4.69) is 19.9 Å². The molecule has 1 heterocycles. The van der Waals surface area contributed by atoms with Gasteiger partial charge in [-0.05, 0) is 73.7 Å². The molecular formula is C31H34BClO5. The molecule has 4 atom stereocenters. The standard InChI is InChI=1S/C31H34BClO5/c1-3-7-18(14-20-11-12-21(34)16-26(20)33)10-13-27-28-19(4-2)15-24-29(25(28)17-32(37)38-27)31(36)23-9-6-5-8-22(23)30(24)35/h5-6,8-9,11-12,14,16,24-25,27,29,34,37H,3-4,7,10,13,15,17H2,1-2H3/b18-14+/t24-,25+,27-,29-/m1/s1. The topological polar surface area (TPSA) is 83.8 Å². The summed E-state index contributed by atoms with van der Waals surface area (Å²) in [5.41, 5.74) is 5.42. The Balaban J connectivity index is 1.45. The quantitative estimate of drug-likeness (QED) is 0.298. The summed E-state index contributed by atoms with van der Waals surface area (Å²) < 4.78 is 6.13. The third-order valence-corrected chi connectivity index (χ3v) is 8.76. The molecule has 5 nitrogen and oxygen atoms in total. The van der Waals surface area contributed by atoms with Crippen molar-refractivity contribution in [2.24, 2.45) is 17.8 Å².